The number of carboxylic acids is 1. The second-order valence-corrected chi connectivity index (χ2v) is 3.29. The summed E-state index contributed by atoms with van der Waals surface area (Å²) >= 11 is 0. The third kappa shape index (κ3) is 2.10. The van der Waals surface area contributed by atoms with Crippen molar-refractivity contribution in [1.82, 2.24) is 14.8 Å². The van der Waals surface area contributed by atoms with E-state index in [0.29, 0.717) is 18.1 Å². The predicted molar refractivity (Wildman–Crippen MR) is 51.1 cm³/mol. The summed E-state index contributed by atoms with van der Waals surface area (Å²) in [5.41, 5.74) is 0. The number of nitrogens with zero attached hydrogens (tertiary/aromatic N) is 3. The second kappa shape index (κ2) is 4.21. The Morgan fingerprint density at radius 2 is 2.21 bits per heavy atom. The van der Waals surface area contributed by atoms with Crippen molar-refractivity contribution in [2.75, 3.05) is 0 Å². The molecule has 0 spiro atoms. The van der Waals surface area contributed by atoms with E-state index in [9.17, 15) is 4.79 Å². The minimum atomic E-state index is -0.847. The van der Waals surface area contributed by atoms with Crippen LogP contribution in [0.2, 0.25) is 0 Å². The van der Waals surface area contributed by atoms with Crippen molar-refractivity contribution in [3.8, 4) is 0 Å². The summed E-state index contributed by atoms with van der Waals surface area (Å²) in [4.78, 5) is 15.0. The van der Waals surface area contributed by atoms with Gasteiger partial charge in [-0.25, -0.2) is 14.5 Å². The maximum Gasteiger partial charge on any atom is 0.328 e. The third-order valence-electron chi connectivity index (χ3n) is 2.05. The number of carbonyl (C=O) groups is 1. The lowest BCUT2D eigenvalue weighted by molar-refractivity contribution is -0.141. The number of hydrogen-bond acceptors (Lipinski definition) is 3. The van der Waals surface area contributed by atoms with Crippen LogP contribution in [-0.2, 0) is 4.79 Å². The summed E-state index contributed by atoms with van der Waals surface area (Å²) in [6.07, 6.45) is 1.40. The lowest BCUT2D eigenvalue weighted by Crippen LogP contribution is -2.21. The maximum absolute atomic E-state index is 11.0. The van der Waals surface area contributed by atoms with Gasteiger partial charge in [0, 0.05) is 0 Å². The molecule has 0 radical (unpaired) electrons. The number of aryl methyl sites for hydroxylation is 2. The van der Waals surface area contributed by atoms with Gasteiger partial charge in [-0.3, -0.25) is 0 Å². The quantitative estimate of drug-likeness (QED) is 0.790. The summed E-state index contributed by atoms with van der Waals surface area (Å²) in [5.74, 6) is 0.424. The van der Waals surface area contributed by atoms with E-state index in [1.807, 2.05) is 6.92 Å². The average molecular weight is 197 g/mol. The van der Waals surface area contributed by atoms with Gasteiger partial charge < -0.3 is 5.11 Å². The van der Waals surface area contributed by atoms with E-state index in [0.717, 1.165) is 6.42 Å². The Bertz CT molecular complexity index is 333. The fourth-order valence-corrected chi connectivity index (χ4v) is 1.46. The molecule has 14 heavy (non-hydrogen) atoms. The van der Waals surface area contributed by atoms with Gasteiger partial charge in [-0.15, -0.1) is 0 Å². The molecule has 1 unspecified atom stereocenters. The zero-order valence-electron chi connectivity index (χ0n) is 8.69. The maximum atomic E-state index is 11.0. The molecule has 1 atom stereocenters. The van der Waals surface area contributed by atoms with E-state index < -0.39 is 12.0 Å². The Kier molecular flexibility index (Phi) is 3.22. The minimum Gasteiger partial charge on any atom is -0.480 e. The summed E-state index contributed by atoms with van der Waals surface area (Å²) in [6.45, 7) is 5.48. The number of hydrogen-bond donors (Lipinski definition) is 1. The van der Waals surface area contributed by atoms with Crippen LogP contribution in [0.4, 0.5) is 0 Å². The molecule has 1 aromatic heterocycles. The van der Waals surface area contributed by atoms with E-state index >= 15 is 0 Å². The van der Waals surface area contributed by atoms with Gasteiger partial charge in [0.25, 0.3) is 0 Å². The van der Waals surface area contributed by atoms with Gasteiger partial charge in [0.1, 0.15) is 11.6 Å². The third-order valence-corrected chi connectivity index (χ3v) is 2.05. The SMILES string of the molecule is CCCC(C(=O)O)n1nc(C)nc1C. The number of aromatic nitrogens is 3. The van der Waals surface area contributed by atoms with Gasteiger partial charge in [-0.05, 0) is 20.3 Å². The molecular weight excluding hydrogens is 182 g/mol. The number of rotatable bonds is 4. The van der Waals surface area contributed by atoms with Crippen LogP contribution >= 0.6 is 0 Å². The normalized spacial score (nSPS) is 12.8. The largest absolute Gasteiger partial charge is 0.480 e. The first-order valence-corrected chi connectivity index (χ1v) is 4.68. The summed E-state index contributed by atoms with van der Waals surface area (Å²) in [5, 5.41) is 13.1. The van der Waals surface area contributed by atoms with Crippen LogP contribution in [0.3, 0.4) is 0 Å². The van der Waals surface area contributed by atoms with E-state index in [4.69, 9.17) is 5.11 Å². The van der Waals surface area contributed by atoms with Gasteiger partial charge in [0.2, 0.25) is 0 Å². The van der Waals surface area contributed by atoms with Gasteiger partial charge >= 0.3 is 5.97 Å². The molecule has 5 heteroatoms. The second-order valence-electron chi connectivity index (χ2n) is 3.29. The molecule has 1 rings (SSSR count). The highest BCUT2D eigenvalue weighted by Gasteiger charge is 2.21. The van der Waals surface area contributed by atoms with Crippen LogP contribution in [0.5, 0.6) is 0 Å². The molecule has 0 bridgehead atoms. The molecule has 0 aliphatic heterocycles. The van der Waals surface area contributed by atoms with Crippen molar-refractivity contribution in [3.63, 3.8) is 0 Å². The molecule has 1 aromatic rings. The van der Waals surface area contributed by atoms with Crippen molar-refractivity contribution in [1.29, 1.82) is 0 Å². The molecule has 0 saturated carbocycles. The molecule has 0 saturated heterocycles. The molecule has 0 aromatic carbocycles. The Hall–Kier alpha value is -1.39. The monoisotopic (exact) mass is 197 g/mol. The van der Waals surface area contributed by atoms with Crippen LogP contribution in [-0.4, -0.2) is 25.8 Å². The Balaban J connectivity index is 2.98. The smallest absolute Gasteiger partial charge is 0.328 e. The Labute approximate surface area is 82.8 Å². The highest BCUT2D eigenvalue weighted by atomic mass is 16.4. The molecule has 1 N–H and O–H groups in total. The highest BCUT2D eigenvalue weighted by Crippen LogP contribution is 2.14. The molecule has 0 aliphatic carbocycles. The molecule has 0 fully saturated rings. The predicted octanol–water partition coefficient (Wildman–Crippen LogP) is 1.32. The summed E-state index contributed by atoms with van der Waals surface area (Å²) in [6, 6.07) is -0.582. The highest BCUT2D eigenvalue weighted by molar-refractivity contribution is 5.71. The Morgan fingerprint density at radius 1 is 1.57 bits per heavy atom. The molecule has 0 aliphatic rings. The molecule has 5 nitrogen and oxygen atoms in total. The van der Waals surface area contributed by atoms with Crippen molar-refractivity contribution in [2.24, 2.45) is 0 Å². The first-order valence-electron chi connectivity index (χ1n) is 4.68. The van der Waals surface area contributed by atoms with Crippen LogP contribution in [0.25, 0.3) is 0 Å². The molecule has 78 valence electrons. The molecule has 0 amide bonds. The van der Waals surface area contributed by atoms with Crippen molar-refractivity contribution in [3.05, 3.63) is 11.6 Å². The average Bonchev–Trinajstić information content (AvgIpc) is 2.40. The topological polar surface area (TPSA) is 68.0 Å². The fraction of sp³-hybridized carbons (Fsp3) is 0.667. The number of aliphatic carboxylic acids is 1. The lowest BCUT2D eigenvalue weighted by Gasteiger charge is -2.12. The molecule has 1 heterocycles. The van der Waals surface area contributed by atoms with Gasteiger partial charge in [0.15, 0.2) is 6.04 Å². The van der Waals surface area contributed by atoms with Gasteiger partial charge in [-0.2, -0.15) is 5.10 Å². The van der Waals surface area contributed by atoms with Crippen molar-refractivity contribution in [2.45, 2.75) is 39.7 Å². The summed E-state index contributed by atoms with van der Waals surface area (Å²) in [7, 11) is 0. The van der Waals surface area contributed by atoms with Crippen molar-refractivity contribution < 1.29 is 9.90 Å². The van der Waals surface area contributed by atoms with Crippen LogP contribution in [0.15, 0.2) is 0 Å². The lowest BCUT2D eigenvalue weighted by atomic mass is 10.2. The van der Waals surface area contributed by atoms with E-state index in [1.165, 1.54) is 4.68 Å². The standard InChI is InChI=1S/C9H15N3O2/c1-4-5-8(9(13)14)12-7(3)10-6(2)11-12/h8H,4-5H2,1-3H3,(H,13,14). The Morgan fingerprint density at radius 3 is 2.57 bits per heavy atom. The van der Waals surface area contributed by atoms with E-state index in [2.05, 4.69) is 10.1 Å². The molecular formula is C9H15N3O2. The van der Waals surface area contributed by atoms with E-state index in [-0.39, 0.29) is 0 Å². The zero-order chi connectivity index (χ0) is 10.7. The van der Waals surface area contributed by atoms with Crippen LogP contribution in [0.1, 0.15) is 37.5 Å². The first-order chi connectivity index (χ1) is 6.56. The first kappa shape index (κ1) is 10.7. The van der Waals surface area contributed by atoms with Crippen LogP contribution in [0, 0.1) is 13.8 Å². The van der Waals surface area contributed by atoms with Gasteiger partial charge in [0.05, 0.1) is 0 Å². The zero-order valence-corrected chi connectivity index (χ0v) is 8.69. The van der Waals surface area contributed by atoms with Gasteiger partial charge in [-0.1, -0.05) is 13.3 Å². The number of carboxylic acid groups (broad SMARTS) is 1. The van der Waals surface area contributed by atoms with Crippen LogP contribution < -0.4 is 0 Å². The fourth-order valence-electron chi connectivity index (χ4n) is 1.46. The summed E-state index contributed by atoms with van der Waals surface area (Å²) < 4.78 is 1.49. The van der Waals surface area contributed by atoms with Crippen molar-refractivity contribution >= 4 is 5.97 Å². The minimum absolute atomic E-state index is 0.582. The van der Waals surface area contributed by atoms with E-state index in [1.54, 1.807) is 13.8 Å².